The maximum atomic E-state index is 11.5. The van der Waals surface area contributed by atoms with Crippen molar-refractivity contribution in [3.05, 3.63) is 24.2 Å². The third kappa shape index (κ3) is 7.13. The summed E-state index contributed by atoms with van der Waals surface area (Å²) in [6.45, 7) is 2.28. The number of aryl methyl sites for hydroxylation is 1. The molecule has 0 bridgehead atoms. The van der Waals surface area contributed by atoms with Gasteiger partial charge in [0.25, 0.3) is 0 Å². The number of amides is 2. The van der Waals surface area contributed by atoms with Crippen LogP contribution in [0.3, 0.4) is 0 Å². The zero-order valence-corrected chi connectivity index (χ0v) is 11.0. The fourth-order valence-corrected chi connectivity index (χ4v) is 1.60. The third-order valence-electron chi connectivity index (χ3n) is 2.63. The Hall–Kier alpha value is -1.98. The fraction of sp³-hybridized carbons (Fsp3) is 0.538. The number of hydrogen-bond donors (Lipinski definition) is 3. The predicted molar refractivity (Wildman–Crippen MR) is 69.9 cm³/mol. The number of furan rings is 1. The lowest BCUT2D eigenvalue weighted by Gasteiger charge is -2.13. The molecule has 1 aromatic rings. The molecule has 3 N–H and O–H groups in total. The first-order chi connectivity index (χ1) is 9.08. The van der Waals surface area contributed by atoms with Crippen LogP contribution >= 0.6 is 0 Å². The van der Waals surface area contributed by atoms with Gasteiger partial charge in [-0.15, -0.1) is 0 Å². The first kappa shape index (κ1) is 15.1. The summed E-state index contributed by atoms with van der Waals surface area (Å²) in [5, 5.41) is 13.9. The van der Waals surface area contributed by atoms with Crippen LogP contribution in [-0.4, -0.2) is 29.7 Å². The van der Waals surface area contributed by atoms with Crippen LogP contribution in [0.5, 0.6) is 0 Å². The Labute approximate surface area is 112 Å². The largest absolute Gasteiger partial charge is 0.481 e. The minimum Gasteiger partial charge on any atom is -0.481 e. The summed E-state index contributed by atoms with van der Waals surface area (Å²) in [6.07, 6.45) is 3.68. The first-order valence-corrected chi connectivity index (χ1v) is 6.36. The molecular weight excluding hydrogens is 248 g/mol. The normalized spacial score (nSPS) is 11.8. The Kier molecular flexibility index (Phi) is 6.49. The van der Waals surface area contributed by atoms with Crippen molar-refractivity contribution in [2.45, 2.75) is 38.6 Å². The number of nitrogens with one attached hydrogen (secondary N) is 2. The van der Waals surface area contributed by atoms with Gasteiger partial charge in [-0.2, -0.15) is 0 Å². The maximum Gasteiger partial charge on any atom is 0.314 e. The van der Waals surface area contributed by atoms with Crippen LogP contribution in [0.2, 0.25) is 0 Å². The predicted octanol–water partition coefficient (Wildman–Crippen LogP) is 1.76. The van der Waals surface area contributed by atoms with Crippen LogP contribution < -0.4 is 10.6 Å². The maximum absolute atomic E-state index is 11.5. The van der Waals surface area contributed by atoms with Crippen LogP contribution in [0.1, 0.15) is 31.9 Å². The fourth-order valence-electron chi connectivity index (χ4n) is 1.60. The summed E-state index contributed by atoms with van der Waals surface area (Å²) < 4.78 is 5.21. The quantitative estimate of drug-likeness (QED) is 0.626. The topological polar surface area (TPSA) is 91.6 Å². The number of aliphatic carboxylic acids is 1. The molecule has 0 saturated carbocycles. The molecule has 1 atom stereocenters. The van der Waals surface area contributed by atoms with Gasteiger partial charge < -0.3 is 20.2 Å². The standard InChI is InChI=1S/C13H20N2O4/c1-10(6-7-11-4-3-9-19-11)15-13(18)14-8-2-5-12(16)17/h3-4,9-10H,2,5-8H2,1H3,(H,16,17)(H2,14,15,18). The summed E-state index contributed by atoms with van der Waals surface area (Å²) in [5.41, 5.74) is 0. The van der Waals surface area contributed by atoms with Crippen molar-refractivity contribution in [3.8, 4) is 0 Å². The minimum atomic E-state index is -0.853. The molecule has 1 aromatic heterocycles. The van der Waals surface area contributed by atoms with Gasteiger partial charge in [-0.3, -0.25) is 4.79 Å². The van der Waals surface area contributed by atoms with Gasteiger partial charge >= 0.3 is 12.0 Å². The van der Waals surface area contributed by atoms with Crippen molar-refractivity contribution < 1.29 is 19.1 Å². The lowest BCUT2D eigenvalue weighted by molar-refractivity contribution is -0.137. The van der Waals surface area contributed by atoms with Gasteiger partial charge in [-0.05, 0) is 31.9 Å². The number of hydrogen-bond acceptors (Lipinski definition) is 3. The van der Waals surface area contributed by atoms with Gasteiger partial charge in [0.1, 0.15) is 5.76 Å². The van der Waals surface area contributed by atoms with E-state index in [1.807, 2.05) is 19.1 Å². The van der Waals surface area contributed by atoms with E-state index >= 15 is 0 Å². The van der Waals surface area contributed by atoms with Gasteiger partial charge in [-0.1, -0.05) is 0 Å². The van der Waals surface area contributed by atoms with Crippen molar-refractivity contribution in [2.75, 3.05) is 6.54 Å². The second-order valence-corrected chi connectivity index (χ2v) is 4.42. The first-order valence-electron chi connectivity index (χ1n) is 6.36. The molecule has 6 heteroatoms. The van der Waals surface area contributed by atoms with E-state index in [1.165, 1.54) is 0 Å². The monoisotopic (exact) mass is 268 g/mol. The summed E-state index contributed by atoms with van der Waals surface area (Å²) in [4.78, 5) is 21.7. The molecule has 106 valence electrons. The Balaban J connectivity index is 2.08. The molecule has 0 aromatic carbocycles. The number of carboxylic acids is 1. The van der Waals surface area contributed by atoms with E-state index < -0.39 is 5.97 Å². The average Bonchev–Trinajstić information content (AvgIpc) is 2.85. The smallest absolute Gasteiger partial charge is 0.314 e. The van der Waals surface area contributed by atoms with Crippen LogP contribution in [0, 0.1) is 0 Å². The van der Waals surface area contributed by atoms with Gasteiger partial charge in [0.2, 0.25) is 0 Å². The number of rotatable bonds is 8. The Morgan fingerprint density at radius 2 is 2.26 bits per heavy atom. The highest BCUT2D eigenvalue weighted by atomic mass is 16.4. The Morgan fingerprint density at radius 1 is 1.47 bits per heavy atom. The van der Waals surface area contributed by atoms with Crippen molar-refractivity contribution in [2.24, 2.45) is 0 Å². The molecule has 0 spiro atoms. The van der Waals surface area contributed by atoms with Gasteiger partial charge in [0, 0.05) is 25.4 Å². The molecule has 6 nitrogen and oxygen atoms in total. The number of carboxylic acid groups (broad SMARTS) is 1. The summed E-state index contributed by atoms with van der Waals surface area (Å²) in [5.74, 6) is 0.0459. The van der Waals surface area contributed by atoms with Crippen molar-refractivity contribution in [3.63, 3.8) is 0 Å². The lowest BCUT2D eigenvalue weighted by atomic mass is 10.1. The molecule has 0 fully saturated rings. The van der Waals surface area contributed by atoms with E-state index in [0.717, 1.165) is 18.6 Å². The van der Waals surface area contributed by atoms with E-state index in [1.54, 1.807) is 6.26 Å². The molecule has 0 aliphatic heterocycles. The van der Waals surface area contributed by atoms with Gasteiger partial charge in [-0.25, -0.2) is 4.79 Å². The molecule has 1 heterocycles. The van der Waals surface area contributed by atoms with Crippen molar-refractivity contribution >= 4 is 12.0 Å². The van der Waals surface area contributed by atoms with E-state index in [-0.39, 0.29) is 18.5 Å². The van der Waals surface area contributed by atoms with Gasteiger partial charge in [0.05, 0.1) is 6.26 Å². The zero-order chi connectivity index (χ0) is 14.1. The van der Waals surface area contributed by atoms with Crippen LogP contribution in [0.15, 0.2) is 22.8 Å². The lowest BCUT2D eigenvalue weighted by Crippen LogP contribution is -2.41. The molecule has 19 heavy (non-hydrogen) atoms. The average molecular weight is 268 g/mol. The summed E-state index contributed by atoms with van der Waals surface area (Å²) in [6, 6.07) is 3.50. The SMILES string of the molecule is CC(CCc1ccco1)NC(=O)NCCCC(=O)O. The van der Waals surface area contributed by atoms with Crippen LogP contribution in [0.4, 0.5) is 4.79 Å². The molecule has 0 saturated heterocycles. The van der Waals surface area contributed by atoms with Gasteiger partial charge in [0.15, 0.2) is 0 Å². The van der Waals surface area contributed by atoms with E-state index in [9.17, 15) is 9.59 Å². The van der Waals surface area contributed by atoms with E-state index in [0.29, 0.717) is 13.0 Å². The van der Waals surface area contributed by atoms with Crippen molar-refractivity contribution in [1.29, 1.82) is 0 Å². The molecule has 1 rings (SSSR count). The second kappa shape index (κ2) is 8.18. The second-order valence-electron chi connectivity index (χ2n) is 4.42. The summed E-state index contributed by atoms with van der Waals surface area (Å²) in [7, 11) is 0. The van der Waals surface area contributed by atoms with Crippen molar-refractivity contribution in [1.82, 2.24) is 10.6 Å². The van der Waals surface area contributed by atoms with E-state index in [2.05, 4.69) is 10.6 Å². The van der Waals surface area contributed by atoms with Crippen LogP contribution in [0.25, 0.3) is 0 Å². The molecule has 0 aliphatic rings. The molecule has 0 aliphatic carbocycles. The molecule has 1 unspecified atom stereocenters. The number of carbonyl (C=O) groups excluding carboxylic acids is 1. The highest BCUT2D eigenvalue weighted by molar-refractivity contribution is 5.74. The molecular formula is C13H20N2O4. The third-order valence-corrected chi connectivity index (χ3v) is 2.63. The molecule has 0 radical (unpaired) electrons. The zero-order valence-electron chi connectivity index (χ0n) is 11.0. The Morgan fingerprint density at radius 3 is 2.89 bits per heavy atom. The van der Waals surface area contributed by atoms with E-state index in [4.69, 9.17) is 9.52 Å². The summed E-state index contributed by atoms with van der Waals surface area (Å²) >= 11 is 0. The highest BCUT2D eigenvalue weighted by Gasteiger charge is 2.08. The number of urea groups is 1. The number of carbonyl (C=O) groups is 2. The van der Waals surface area contributed by atoms with Crippen LogP contribution in [-0.2, 0) is 11.2 Å². The Bertz CT molecular complexity index is 389. The molecule has 2 amide bonds. The highest BCUT2D eigenvalue weighted by Crippen LogP contribution is 2.05. The minimum absolute atomic E-state index is 0.0320.